The molecule has 0 aliphatic heterocycles. The second kappa shape index (κ2) is 6.32. The minimum absolute atomic E-state index is 0.252. The zero-order valence-corrected chi connectivity index (χ0v) is 14.1. The molecule has 0 atom stereocenters. The zero-order valence-electron chi connectivity index (χ0n) is 14.1. The molecule has 3 aromatic heterocycles. The molecular formula is C18H15N5O3. The second-order valence-electron chi connectivity index (χ2n) is 5.47. The summed E-state index contributed by atoms with van der Waals surface area (Å²) in [6.45, 7) is 0. The lowest BCUT2D eigenvalue weighted by molar-refractivity contribution is 0.102. The highest BCUT2D eigenvalue weighted by molar-refractivity contribution is 6.03. The number of hydrogen-bond acceptors (Lipinski definition) is 6. The van der Waals surface area contributed by atoms with Gasteiger partial charge in [-0.2, -0.15) is 0 Å². The Morgan fingerprint density at radius 3 is 2.77 bits per heavy atom. The third-order valence-corrected chi connectivity index (χ3v) is 3.90. The maximum Gasteiger partial charge on any atom is 0.274 e. The molecule has 4 aromatic rings. The Morgan fingerprint density at radius 2 is 1.96 bits per heavy atom. The molecule has 0 spiro atoms. The van der Waals surface area contributed by atoms with Gasteiger partial charge in [-0.1, -0.05) is 12.1 Å². The van der Waals surface area contributed by atoms with Gasteiger partial charge in [0, 0.05) is 12.3 Å². The molecular weight excluding hydrogens is 334 g/mol. The average Bonchev–Trinajstić information content (AvgIpc) is 3.05. The van der Waals surface area contributed by atoms with Crippen LogP contribution in [-0.2, 0) is 0 Å². The normalized spacial score (nSPS) is 10.8. The van der Waals surface area contributed by atoms with Crippen LogP contribution in [0.25, 0.3) is 16.8 Å². The molecule has 1 amide bonds. The van der Waals surface area contributed by atoms with Gasteiger partial charge in [0.05, 0.1) is 37.1 Å². The number of carbonyl (C=O) groups excluding carboxylic acids is 1. The standard InChI is InChI=1S/C18H15N5O3/c1-25-15-9-11(10-19-17(15)26-2)20-16(24)13-7-8-23-14-6-4-3-5-12(14)21-18(23)22-13/h3-10H,1-2H3,(H,20,24). The van der Waals surface area contributed by atoms with Crippen LogP contribution >= 0.6 is 0 Å². The summed E-state index contributed by atoms with van der Waals surface area (Å²) in [5, 5.41) is 2.75. The van der Waals surface area contributed by atoms with Crippen molar-refractivity contribution in [3.8, 4) is 11.6 Å². The van der Waals surface area contributed by atoms with Crippen molar-refractivity contribution in [3.05, 3.63) is 54.5 Å². The number of rotatable bonds is 4. The third-order valence-electron chi connectivity index (χ3n) is 3.90. The minimum Gasteiger partial charge on any atom is -0.491 e. The van der Waals surface area contributed by atoms with E-state index in [9.17, 15) is 4.79 Å². The largest absolute Gasteiger partial charge is 0.491 e. The van der Waals surface area contributed by atoms with Gasteiger partial charge in [0.15, 0.2) is 5.75 Å². The van der Waals surface area contributed by atoms with E-state index in [1.54, 1.807) is 18.3 Å². The van der Waals surface area contributed by atoms with E-state index in [-0.39, 0.29) is 11.6 Å². The van der Waals surface area contributed by atoms with Crippen molar-refractivity contribution in [1.82, 2.24) is 19.4 Å². The number of ether oxygens (including phenoxy) is 2. The number of aromatic nitrogens is 4. The Morgan fingerprint density at radius 1 is 1.12 bits per heavy atom. The molecule has 26 heavy (non-hydrogen) atoms. The van der Waals surface area contributed by atoms with Crippen molar-refractivity contribution >= 4 is 28.4 Å². The van der Waals surface area contributed by atoms with Crippen LogP contribution in [-0.4, -0.2) is 39.5 Å². The molecule has 8 nitrogen and oxygen atoms in total. The smallest absolute Gasteiger partial charge is 0.274 e. The number of carbonyl (C=O) groups is 1. The number of anilines is 1. The average molecular weight is 349 g/mol. The molecule has 1 aromatic carbocycles. The van der Waals surface area contributed by atoms with Gasteiger partial charge in [-0.15, -0.1) is 0 Å². The Bertz CT molecular complexity index is 1120. The van der Waals surface area contributed by atoms with Crippen LogP contribution < -0.4 is 14.8 Å². The Hall–Kier alpha value is -3.68. The van der Waals surface area contributed by atoms with Crippen molar-refractivity contribution in [2.45, 2.75) is 0 Å². The van der Waals surface area contributed by atoms with Crippen LogP contribution in [0.4, 0.5) is 5.69 Å². The summed E-state index contributed by atoms with van der Waals surface area (Å²) in [5.74, 6) is 0.861. The first-order chi connectivity index (χ1) is 12.7. The van der Waals surface area contributed by atoms with Crippen LogP contribution in [0, 0.1) is 0 Å². The number of nitrogens with zero attached hydrogens (tertiary/aromatic N) is 4. The van der Waals surface area contributed by atoms with E-state index in [0.717, 1.165) is 11.0 Å². The van der Waals surface area contributed by atoms with E-state index in [1.165, 1.54) is 20.4 Å². The highest BCUT2D eigenvalue weighted by Gasteiger charge is 2.13. The van der Waals surface area contributed by atoms with Gasteiger partial charge in [0.25, 0.3) is 11.8 Å². The quantitative estimate of drug-likeness (QED) is 0.609. The van der Waals surface area contributed by atoms with Crippen molar-refractivity contribution in [1.29, 1.82) is 0 Å². The molecule has 0 radical (unpaired) electrons. The molecule has 0 bridgehead atoms. The van der Waals surface area contributed by atoms with Gasteiger partial charge in [0.2, 0.25) is 5.78 Å². The fourth-order valence-corrected chi connectivity index (χ4v) is 2.67. The van der Waals surface area contributed by atoms with Gasteiger partial charge in [-0.3, -0.25) is 9.20 Å². The van der Waals surface area contributed by atoms with Crippen LogP contribution in [0.3, 0.4) is 0 Å². The number of amides is 1. The van der Waals surface area contributed by atoms with E-state index in [1.807, 2.05) is 28.7 Å². The molecule has 0 aliphatic carbocycles. The molecule has 130 valence electrons. The Kier molecular flexibility index (Phi) is 3.85. The van der Waals surface area contributed by atoms with Gasteiger partial charge >= 0.3 is 0 Å². The summed E-state index contributed by atoms with van der Waals surface area (Å²) in [6.07, 6.45) is 3.26. The fraction of sp³-hybridized carbons (Fsp3) is 0.111. The molecule has 0 saturated carbocycles. The molecule has 8 heteroatoms. The SMILES string of the molecule is COc1cc(NC(=O)c2ccn3c(n2)nc2ccccc23)cnc1OC. The van der Waals surface area contributed by atoms with E-state index < -0.39 is 0 Å². The number of pyridine rings is 1. The molecule has 4 rings (SSSR count). The van der Waals surface area contributed by atoms with Crippen molar-refractivity contribution in [3.63, 3.8) is 0 Å². The Labute approximate surface area is 148 Å². The van der Waals surface area contributed by atoms with Gasteiger partial charge in [0.1, 0.15) is 5.69 Å². The summed E-state index contributed by atoms with van der Waals surface area (Å²) in [5.41, 5.74) is 2.48. The zero-order chi connectivity index (χ0) is 18.1. The van der Waals surface area contributed by atoms with Crippen LogP contribution in [0.15, 0.2) is 48.8 Å². The first kappa shape index (κ1) is 15.8. The second-order valence-corrected chi connectivity index (χ2v) is 5.47. The van der Waals surface area contributed by atoms with Crippen molar-refractivity contribution < 1.29 is 14.3 Å². The lowest BCUT2D eigenvalue weighted by Crippen LogP contribution is -2.14. The summed E-state index contributed by atoms with van der Waals surface area (Å²) < 4.78 is 12.1. The molecule has 0 saturated heterocycles. The van der Waals surface area contributed by atoms with Crippen molar-refractivity contribution in [2.75, 3.05) is 19.5 Å². The number of benzene rings is 1. The summed E-state index contributed by atoms with van der Waals surface area (Å²) in [4.78, 5) is 25.4. The van der Waals surface area contributed by atoms with Crippen LogP contribution in [0.2, 0.25) is 0 Å². The van der Waals surface area contributed by atoms with Crippen molar-refractivity contribution in [2.24, 2.45) is 0 Å². The number of para-hydroxylation sites is 2. The van der Waals surface area contributed by atoms with E-state index in [2.05, 4.69) is 20.3 Å². The first-order valence-electron chi connectivity index (χ1n) is 7.83. The number of nitrogens with one attached hydrogen (secondary N) is 1. The lowest BCUT2D eigenvalue weighted by atomic mass is 10.3. The molecule has 0 unspecified atom stereocenters. The number of fused-ring (bicyclic) bond motifs is 3. The van der Waals surface area contributed by atoms with Gasteiger partial charge in [-0.25, -0.2) is 15.0 Å². The van der Waals surface area contributed by atoms with Crippen LogP contribution in [0.1, 0.15) is 10.5 Å². The van der Waals surface area contributed by atoms with Gasteiger partial charge in [-0.05, 0) is 18.2 Å². The van der Waals surface area contributed by atoms with Gasteiger partial charge < -0.3 is 14.8 Å². The monoisotopic (exact) mass is 349 g/mol. The maximum absolute atomic E-state index is 12.5. The number of hydrogen-bond donors (Lipinski definition) is 1. The van der Waals surface area contributed by atoms with Crippen LogP contribution in [0.5, 0.6) is 11.6 Å². The van der Waals surface area contributed by atoms with E-state index in [0.29, 0.717) is 23.1 Å². The molecule has 0 fully saturated rings. The summed E-state index contributed by atoms with van der Waals surface area (Å²) in [7, 11) is 3.00. The number of imidazole rings is 1. The maximum atomic E-state index is 12.5. The predicted molar refractivity (Wildman–Crippen MR) is 95.8 cm³/mol. The van der Waals surface area contributed by atoms with E-state index in [4.69, 9.17) is 9.47 Å². The third kappa shape index (κ3) is 2.67. The molecule has 0 aliphatic rings. The molecule has 3 heterocycles. The highest BCUT2D eigenvalue weighted by atomic mass is 16.5. The molecule has 1 N–H and O–H groups in total. The summed E-state index contributed by atoms with van der Waals surface area (Å²) >= 11 is 0. The highest BCUT2D eigenvalue weighted by Crippen LogP contribution is 2.27. The lowest BCUT2D eigenvalue weighted by Gasteiger charge is -2.09. The minimum atomic E-state index is -0.367. The fourth-order valence-electron chi connectivity index (χ4n) is 2.67. The van der Waals surface area contributed by atoms with E-state index >= 15 is 0 Å². The first-order valence-corrected chi connectivity index (χ1v) is 7.83. The summed E-state index contributed by atoms with van der Waals surface area (Å²) in [6, 6.07) is 11.0. The number of methoxy groups -OCH3 is 2. The topological polar surface area (TPSA) is 90.6 Å². The Balaban J connectivity index is 1.65. The predicted octanol–water partition coefficient (Wildman–Crippen LogP) is 2.55.